The third-order valence-corrected chi connectivity index (χ3v) is 5.07. The molecule has 2 rings (SSSR count). The van der Waals surface area contributed by atoms with E-state index in [2.05, 4.69) is 45.7 Å². The fourth-order valence-corrected chi connectivity index (χ4v) is 3.98. The molecule has 1 fully saturated rings. The number of hydrogen-bond acceptors (Lipinski definition) is 3. The molecule has 1 N–H and O–H groups in total. The molecule has 0 aromatic carbocycles. The van der Waals surface area contributed by atoms with E-state index in [1.165, 1.54) is 12.0 Å². The Labute approximate surface area is 117 Å². The molecule has 1 aliphatic carbocycles. The predicted molar refractivity (Wildman–Crippen MR) is 77.3 cm³/mol. The lowest BCUT2D eigenvalue weighted by molar-refractivity contribution is 0.112. The SMILES string of the molecule is COC1CC=CC=C1C(I)N1CCCC1CO. The van der Waals surface area contributed by atoms with Gasteiger partial charge in [-0.15, -0.1) is 0 Å². The van der Waals surface area contributed by atoms with Gasteiger partial charge in [0.05, 0.1) is 16.8 Å². The maximum atomic E-state index is 9.40. The minimum Gasteiger partial charge on any atom is -0.395 e. The van der Waals surface area contributed by atoms with Crippen molar-refractivity contribution in [3.05, 3.63) is 23.8 Å². The third-order valence-electron chi connectivity index (χ3n) is 3.63. The Morgan fingerprint density at radius 3 is 3.18 bits per heavy atom. The highest BCUT2D eigenvalue weighted by Gasteiger charge is 2.33. The average Bonchev–Trinajstić information content (AvgIpc) is 2.86. The van der Waals surface area contributed by atoms with E-state index >= 15 is 0 Å². The molecule has 0 bridgehead atoms. The second-order valence-electron chi connectivity index (χ2n) is 4.61. The highest BCUT2D eigenvalue weighted by molar-refractivity contribution is 14.1. The van der Waals surface area contributed by atoms with Crippen molar-refractivity contribution in [1.82, 2.24) is 4.90 Å². The quantitative estimate of drug-likeness (QED) is 0.479. The molecule has 96 valence electrons. The van der Waals surface area contributed by atoms with Crippen LogP contribution in [-0.2, 0) is 4.74 Å². The summed E-state index contributed by atoms with van der Waals surface area (Å²) in [6, 6.07) is 0.321. The van der Waals surface area contributed by atoms with E-state index in [4.69, 9.17) is 4.74 Å². The number of rotatable bonds is 4. The van der Waals surface area contributed by atoms with Crippen molar-refractivity contribution in [1.29, 1.82) is 0 Å². The summed E-state index contributed by atoms with van der Waals surface area (Å²) in [5.41, 5.74) is 1.33. The lowest BCUT2D eigenvalue weighted by Crippen LogP contribution is -2.41. The summed E-state index contributed by atoms with van der Waals surface area (Å²) >= 11 is 2.47. The molecule has 3 unspecified atom stereocenters. The molecule has 0 amide bonds. The molecule has 0 saturated carbocycles. The molecule has 17 heavy (non-hydrogen) atoms. The second kappa shape index (κ2) is 6.31. The number of ether oxygens (including phenoxy) is 1. The molecular formula is C13H20INO2. The van der Waals surface area contributed by atoms with Crippen LogP contribution in [0.1, 0.15) is 19.3 Å². The zero-order valence-electron chi connectivity index (χ0n) is 10.2. The molecule has 0 spiro atoms. The number of allylic oxidation sites excluding steroid dienone is 2. The molecule has 1 heterocycles. The molecule has 1 aliphatic heterocycles. The number of alkyl halides is 1. The maximum absolute atomic E-state index is 9.40. The van der Waals surface area contributed by atoms with Crippen molar-refractivity contribution in [3.8, 4) is 0 Å². The van der Waals surface area contributed by atoms with Gasteiger partial charge >= 0.3 is 0 Å². The van der Waals surface area contributed by atoms with E-state index in [0.717, 1.165) is 19.4 Å². The minimum atomic E-state index is 0.196. The van der Waals surface area contributed by atoms with Gasteiger partial charge in [-0.25, -0.2) is 0 Å². The van der Waals surface area contributed by atoms with E-state index in [9.17, 15) is 5.11 Å². The normalized spacial score (nSPS) is 31.6. The lowest BCUT2D eigenvalue weighted by Gasteiger charge is -2.33. The number of aliphatic hydroxyl groups excluding tert-OH is 1. The van der Waals surface area contributed by atoms with Crippen molar-refractivity contribution in [2.45, 2.75) is 35.5 Å². The standard InChI is InChI=1S/C13H20INO2/c1-17-12-7-3-2-6-11(12)13(14)15-8-4-5-10(15)9-16/h2-3,6,10,12-13,16H,4-5,7-9H2,1H3. The van der Waals surface area contributed by atoms with Crippen molar-refractivity contribution >= 4 is 22.6 Å². The first-order valence-electron chi connectivity index (χ1n) is 6.18. The van der Waals surface area contributed by atoms with Crippen molar-refractivity contribution < 1.29 is 9.84 Å². The Hall–Kier alpha value is 0.0900. The van der Waals surface area contributed by atoms with Crippen LogP contribution in [0.4, 0.5) is 0 Å². The van der Waals surface area contributed by atoms with Crippen LogP contribution in [0.25, 0.3) is 0 Å². The summed E-state index contributed by atoms with van der Waals surface area (Å²) in [5, 5.41) is 9.40. The van der Waals surface area contributed by atoms with E-state index in [1.807, 2.05) is 0 Å². The Morgan fingerprint density at radius 2 is 2.47 bits per heavy atom. The van der Waals surface area contributed by atoms with Gasteiger partial charge < -0.3 is 9.84 Å². The number of hydrogen-bond donors (Lipinski definition) is 1. The summed E-state index contributed by atoms with van der Waals surface area (Å²) in [6.07, 6.45) is 9.88. The Balaban J connectivity index is 2.10. The fourth-order valence-electron chi connectivity index (χ4n) is 2.63. The lowest BCUT2D eigenvalue weighted by atomic mass is 10.0. The zero-order valence-corrected chi connectivity index (χ0v) is 12.3. The molecule has 1 saturated heterocycles. The van der Waals surface area contributed by atoms with Gasteiger partial charge in [-0.3, -0.25) is 4.90 Å². The van der Waals surface area contributed by atoms with Crippen molar-refractivity contribution in [2.75, 3.05) is 20.3 Å². The number of nitrogens with zero attached hydrogens (tertiary/aromatic N) is 1. The van der Waals surface area contributed by atoms with E-state index in [0.29, 0.717) is 10.1 Å². The Morgan fingerprint density at radius 1 is 1.65 bits per heavy atom. The number of methoxy groups -OCH3 is 1. The van der Waals surface area contributed by atoms with Crippen LogP contribution in [-0.4, -0.2) is 46.5 Å². The van der Waals surface area contributed by atoms with Crippen molar-refractivity contribution in [3.63, 3.8) is 0 Å². The van der Waals surface area contributed by atoms with Crippen LogP contribution in [0, 0.1) is 0 Å². The molecule has 4 heteroatoms. The fraction of sp³-hybridized carbons (Fsp3) is 0.692. The Kier molecular flexibility index (Phi) is 5.02. The molecular weight excluding hydrogens is 329 g/mol. The van der Waals surface area contributed by atoms with Crippen LogP contribution < -0.4 is 0 Å². The van der Waals surface area contributed by atoms with Crippen LogP contribution in [0.2, 0.25) is 0 Å². The van der Waals surface area contributed by atoms with Gasteiger partial charge in [0, 0.05) is 13.2 Å². The molecule has 0 aromatic rings. The summed E-state index contributed by atoms with van der Waals surface area (Å²) in [6.45, 7) is 1.34. The number of halogens is 1. The van der Waals surface area contributed by atoms with Gasteiger partial charge in [-0.2, -0.15) is 0 Å². The molecule has 0 aromatic heterocycles. The van der Waals surface area contributed by atoms with Crippen molar-refractivity contribution in [2.24, 2.45) is 0 Å². The number of aliphatic hydroxyl groups is 1. The van der Waals surface area contributed by atoms with Crippen LogP contribution in [0.15, 0.2) is 23.8 Å². The molecule has 3 atom stereocenters. The summed E-state index contributed by atoms with van der Waals surface area (Å²) < 4.78 is 5.88. The van der Waals surface area contributed by atoms with E-state index in [-0.39, 0.29) is 12.7 Å². The summed E-state index contributed by atoms with van der Waals surface area (Å²) in [5.74, 6) is 0. The Bertz CT molecular complexity index is 317. The second-order valence-corrected chi connectivity index (χ2v) is 5.79. The van der Waals surface area contributed by atoms with Crippen LogP contribution in [0.5, 0.6) is 0 Å². The monoisotopic (exact) mass is 349 g/mol. The van der Waals surface area contributed by atoms with Gasteiger partial charge in [0.15, 0.2) is 0 Å². The van der Waals surface area contributed by atoms with E-state index in [1.54, 1.807) is 7.11 Å². The zero-order chi connectivity index (χ0) is 12.3. The first-order chi connectivity index (χ1) is 8.27. The smallest absolute Gasteiger partial charge is 0.0865 e. The molecule has 0 radical (unpaired) electrons. The maximum Gasteiger partial charge on any atom is 0.0865 e. The van der Waals surface area contributed by atoms with Gasteiger partial charge in [-0.05, 0) is 31.4 Å². The van der Waals surface area contributed by atoms with E-state index < -0.39 is 0 Å². The largest absolute Gasteiger partial charge is 0.395 e. The summed E-state index contributed by atoms with van der Waals surface area (Å²) in [7, 11) is 1.77. The van der Waals surface area contributed by atoms with Gasteiger partial charge in [-0.1, -0.05) is 40.8 Å². The first-order valence-corrected chi connectivity index (χ1v) is 7.42. The predicted octanol–water partition coefficient (Wildman–Crippen LogP) is 2.11. The highest BCUT2D eigenvalue weighted by atomic mass is 127. The number of likely N-dealkylation sites (tertiary alicyclic amines) is 1. The third kappa shape index (κ3) is 2.92. The van der Waals surface area contributed by atoms with Gasteiger partial charge in [0.2, 0.25) is 0 Å². The molecule has 2 aliphatic rings. The van der Waals surface area contributed by atoms with Gasteiger partial charge in [0.1, 0.15) is 0 Å². The topological polar surface area (TPSA) is 32.7 Å². The minimum absolute atomic E-state index is 0.196. The first kappa shape index (κ1) is 13.5. The average molecular weight is 349 g/mol. The van der Waals surface area contributed by atoms with Gasteiger partial charge in [0.25, 0.3) is 0 Å². The van der Waals surface area contributed by atoms with Crippen LogP contribution >= 0.6 is 22.6 Å². The van der Waals surface area contributed by atoms with Crippen LogP contribution in [0.3, 0.4) is 0 Å². The highest BCUT2D eigenvalue weighted by Crippen LogP contribution is 2.31. The summed E-state index contributed by atoms with van der Waals surface area (Å²) in [4.78, 5) is 2.40. The molecule has 3 nitrogen and oxygen atoms in total.